The van der Waals surface area contributed by atoms with Gasteiger partial charge in [-0.3, -0.25) is 0 Å². The summed E-state index contributed by atoms with van der Waals surface area (Å²) in [6, 6.07) is 8.74. The van der Waals surface area contributed by atoms with E-state index in [2.05, 4.69) is 15.9 Å². The quantitative estimate of drug-likeness (QED) is 0.661. The summed E-state index contributed by atoms with van der Waals surface area (Å²) in [6.45, 7) is 0.338. The molecular weight excluding hydrogens is 417 g/mol. The molecule has 0 saturated heterocycles. The summed E-state index contributed by atoms with van der Waals surface area (Å²) in [5.74, 6) is 1.14. The lowest BCUT2D eigenvalue weighted by Crippen LogP contribution is -2.12. The van der Waals surface area contributed by atoms with Gasteiger partial charge in [-0.25, -0.2) is 0 Å². The Balaban J connectivity index is 2.21. The van der Waals surface area contributed by atoms with Crippen molar-refractivity contribution < 1.29 is 14.6 Å². The third-order valence-corrected chi connectivity index (χ3v) is 4.82. The normalized spacial score (nSPS) is 12.1. The van der Waals surface area contributed by atoms with E-state index < -0.39 is 0 Å². The Bertz CT molecular complexity index is 712. The molecule has 0 radical (unpaired) electrons. The van der Waals surface area contributed by atoms with E-state index in [4.69, 9.17) is 43.5 Å². The average Bonchev–Trinajstić information content (AvgIpc) is 2.56. The van der Waals surface area contributed by atoms with Crippen LogP contribution >= 0.6 is 39.1 Å². The smallest absolute Gasteiger partial charge is 0.175 e. The van der Waals surface area contributed by atoms with Gasteiger partial charge in [-0.15, -0.1) is 0 Å². The highest BCUT2D eigenvalue weighted by molar-refractivity contribution is 9.10. The first-order chi connectivity index (χ1) is 11.5. The average molecular weight is 435 g/mol. The van der Waals surface area contributed by atoms with E-state index >= 15 is 0 Å². The van der Waals surface area contributed by atoms with Crippen molar-refractivity contribution in [2.75, 3.05) is 13.7 Å². The maximum absolute atomic E-state index is 9.03. The molecule has 0 heterocycles. The molecule has 0 aliphatic carbocycles. The molecule has 4 nitrogen and oxygen atoms in total. The molecule has 0 spiro atoms. The van der Waals surface area contributed by atoms with E-state index in [0.29, 0.717) is 34.6 Å². The Morgan fingerprint density at radius 2 is 1.96 bits per heavy atom. The Morgan fingerprint density at radius 1 is 1.21 bits per heavy atom. The molecule has 2 aromatic rings. The zero-order chi connectivity index (χ0) is 17.7. The van der Waals surface area contributed by atoms with Gasteiger partial charge in [-0.1, -0.05) is 29.3 Å². The lowest BCUT2D eigenvalue weighted by molar-refractivity contribution is 0.274. The summed E-state index contributed by atoms with van der Waals surface area (Å²) >= 11 is 15.4. The van der Waals surface area contributed by atoms with Crippen LogP contribution in [0.5, 0.6) is 11.5 Å². The maximum atomic E-state index is 9.03. The summed E-state index contributed by atoms with van der Waals surface area (Å²) in [4.78, 5) is 0. The Morgan fingerprint density at radius 3 is 2.58 bits per heavy atom. The lowest BCUT2D eigenvalue weighted by Gasteiger charge is -2.17. The second-order valence-corrected chi connectivity index (χ2v) is 6.86. The molecule has 2 aromatic carbocycles. The van der Waals surface area contributed by atoms with E-state index in [1.54, 1.807) is 19.2 Å². The van der Waals surface area contributed by atoms with Gasteiger partial charge in [0.1, 0.15) is 6.61 Å². The van der Waals surface area contributed by atoms with Crippen LogP contribution in [0.25, 0.3) is 0 Å². The highest BCUT2D eigenvalue weighted by Gasteiger charge is 2.15. The number of ether oxygens (including phenoxy) is 2. The van der Waals surface area contributed by atoms with Crippen LogP contribution in [0.15, 0.2) is 34.8 Å². The van der Waals surface area contributed by atoms with Gasteiger partial charge in [0, 0.05) is 12.6 Å². The molecule has 24 heavy (non-hydrogen) atoms. The van der Waals surface area contributed by atoms with Crippen LogP contribution < -0.4 is 15.2 Å². The van der Waals surface area contributed by atoms with Crippen molar-refractivity contribution >= 4 is 39.1 Å². The van der Waals surface area contributed by atoms with E-state index in [-0.39, 0.29) is 12.6 Å². The Kier molecular flexibility index (Phi) is 7.19. The first-order valence-corrected chi connectivity index (χ1v) is 8.81. The van der Waals surface area contributed by atoms with Crippen molar-refractivity contribution in [1.82, 2.24) is 0 Å². The van der Waals surface area contributed by atoms with Gasteiger partial charge in [0.25, 0.3) is 0 Å². The van der Waals surface area contributed by atoms with Crippen LogP contribution in [0.1, 0.15) is 23.6 Å². The maximum Gasteiger partial charge on any atom is 0.175 e. The number of rotatable bonds is 7. The first-order valence-electron chi connectivity index (χ1n) is 7.26. The number of aliphatic hydroxyl groups excluding tert-OH is 1. The zero-order valence-corrected chi connectivity index (χ0v) is 16.2. The van der Waals surface area contributed by atoms with Crippen LogP contribution in [0.2, 0.25) is 10.0 Å². The molecule has 0 aliphatic rings. The standard InChI is InChI=1S/C17H18BrCl2NO3/c1-23-16-8-11(15(21)4-5-22)7-12(18)17(16)24-9-10-2-3-13(19)14(20)6-10/h2-3,6-8,15,22H,4-5,9,21H2,1H3. The van der Waals surface area contributed by atoms with E-state index in [0.717, 1.165) is 15.6 Å². The number of hydrogen-bond acceptors (Lipinski definition) is 4. The lowest BCUT2D eigenvalue weighted by atomic mass is 10.0. The fourth-order valence-corrected chi connectivity index (χ4v) is 3.08. The summed E-state index contributed by atoms with van der Waals surface area (Å²) in [5, 5.41) is 10.0. The second-order valence-electron chi connectivity index (χ2n) is 5.19. The Hall–Kier alpha value is -0.980. The Labute approximate surface area is 159 Å². The van der Waals surface area contributed by atoms with E-state index in [9.17, 15) is 0 Å². The van der Waals surface area contributed by atoms with Crippen LogP contribution in [-0.4, -0.2) is 18.8 Å². The van der Waals surface area contributed by atoms with Gasteiger partial charge in [-0.05, 0) is 57.7 Å². The van der Waals surface area contributed by atoms with Gasteiger partial charge in [0.2, 0.25) is 0 Å². The van der Waals surface area contributed by atoms with Gasteiger partial charge in [0.15, 0.2) is 11.5 Å². The largest absolute Gasteiger partial charge is 0.493 e. The summed E-state index contributed by atoms with van der Waals surface area (Å²) in [6.07, 6.45) is 0.471. The van der Waals surface area contributed by atoms with Crippen LogP contribution in [0.3, 0.4) is 0 Å². The molecule has 1 unspecified atom stereocenters. The number of halogens is 3. The highest BCUT2D eigenvalue weighted by Crippen LogP contribution is 2.39. The molecule has 130 valence electrons. The monoisotopic (exact) mass is 433 g/mol. The van der Waals surface area contributed by atoms with Gasteiger partial charge < -0.3 is 20.3 Å². The summed E-state index contributed by atoms with van der Waals surface area (Å²) < 4.78 is 12.0. The molecule has 0 amide bonds. The van der Waals surface area contributed by atoms with E-state index in [1.165, 1.54) is 0 Å². The number of nitrogens with two attached hydrogens (primary N) is 1. The molecule has 1 atom stereocenters. The van der Waals surface area contributed by atoms with Crippen molar-refractivity contribution in [3.05, 3.63) is 56.0 Å². The van der Waals surface area contributed by atoms with Gasteiger partial charge in [-0.2, -0.15) is 0 Å². The molecule has 0 aliphatic heterocycles. The second kappa shape index (κ2) is 8.92. The zero-order valence-electron chi connectivity index (χ0n) is 13.1. The predicted octanol–water partition coefficient (Wildman–Crippen LogP) is 4.73. The predicted molar refractivity (Wildman–Crippen MR) is 100 cm³/mol. The van der Waals surface area contributed by atoms with Gasteiger partial charge in [0.05, 0.1) is 21.6 Å². The fourth-order valence-electron chi connectivity index (χ4n) is 2.18. The molecule has 2 rings (SSSR count). The molecule has 0 saturated carbocycles. The fraction of sp³-hybridized carbons (Fsp3) is 0.294. The summed E-state index contributed by atoms with van der Waals surface area (Å²) in [7, 11) is 1.56. The van der Waals surface area contributed by atoms with Crippen LogP contribution in [-0.2, 0) is 6.61 Å². The minimum atomic E-state index is -0.274. The SMILES string of the molecule is COc1cc(C(N)CCO)cc(Br)c1OCc1ccc(Cl)c(Cl)c1. The van der Waals surface area contributed by atoms with Crippen LogP contribution in [0, 0.1) is 0 Å². The van der Waals surface area contributed by atoms with Crippen molar-refractivity contribution in [3.63, 3.8) is 0 Å². The number of hydrogen-bond donors (Lipinski definition) is 2. The minimum absolute atomic E-state index is 0.0245. The third kappa shape index (κ3) is 4.77. The number of methoxy groups -OCH3 is 1. The molecule has 0 bridgehead atoms. The highest BCUT2D eigenvalue weighted by atomic mass is 79.9. The molecule has 7 heteroatoms. The molecule has 3 N–H and O–H groups in total. The molecular formula is C17H18BrCl2NO3. The molecule has 0 aromatic heterocycles. The van der Waals surface area contributed by atoms with Crippen molar-refractivity contribution in [2.45, 2.75) is 19.1 Å². The topological polar surface area (TPSA) is 64.7 Å². The van der Waals surface area contributed by atoms with Gasteiger partial charge >= 0.3 is 0 Å². The van der Waals surface area contributed by atoms with E-state index in [1.807, 2.05) is 18.2 Å². The van der Waals surface area contributed by atoms with Crippen LogP contribution in [0.4, 0.5) is 0 Å². The minimum Gasteiger partial charge on any atom is -0.493 e. The third-order valence-electron chi connectivity index (χ3n) is 3.49. The number of aliphatic hydroxyl groups is 1. The van der Waals surface area contributed by atoms with Crippen molar-refractivity contribution in [2.24, 2.45) is 5.73 Å². The van der Waals surface area contributed by atoms with Crippen molar-refractivity contribution in [1.29, 1.82) is 0 Å². The van der Waals surface area contributed by atoms with Crippen molar-refractivity contribution in [3.8, 4) is 11.5 Å². The first kappa shape index (κ1) is 19.3. The number of benzene rings is 2. The molecule has 0 fully saturated rings. The summed E-state index contributed by atoms with van der Waals surface area (Å²) in [5.41, 5.74) is 7.78.